The summed E-state index contributed by atoms with van der Waals surface area (Å²) in [6.07, 6.45) is 1.15. The number of halogens is 2. The van der Waals surface area contributed by atoms with Crippen LogP contribution < -0.4 is 5.32 Å². The number of hydrogen-bond acceptors (Lipinski definition) is 3. The molecule has 1 aromatic carbocycles. The fraction of sp³-hybridized carbons (Fsp3) is 0.333. The number of thiophene rings is 1. The maximum Gasteiger partial charge on any atom is 0.0653 e. The van der Waals surface area contributed by atoms with Crippen LogP contribution in [0.15, 0.2) is 36.7 Å². The molecule has 1 nitrogen and oxygen atoms in total. The van der Waals surface area contributed by atoms with Crippen LogP contribution >= 0.6 is 55.0 Å². The van der Waals surface area contributed by atoms with E-state index in [1.165, 1.54) is 15.3 Å². The molecule has 1 aliphatic heterocycles. The minimum Gasteiger partial charge on any atom is -0.376 e. The van der Waals surface area contributed by atoms with E-state index in [2.05, 4.69) is 74.6 Å². The number of benzene rings is 1. The van der Waals surface area contributed by atoms with Gasteiger partial charge in [0, 0.05) is 14.2 Å². The topological polar surface area (TPSA) is 12.0 Å². The van der Waals surface area contributed by atoms with Crippen molar-refractivity contribution in [2.45, 2.75) is 35.8 Å². The quantitative estimate of drug-likeness (QED) is 0.572. The van der Waals surface area contributed by atoms with Gasteiger partial charge in [-0.1, -0.05) is 6.92 Å². The SMILES string of the molecule is Cc1cc(Br)c(NC2C[C@H](C)Sc3sccc32)c(Br)c1. The molecule has 0 fully saturated rings. The van der Waals surface area contributed by atoms with E-state index in [0.29, 0.717) is 11.3 Å². The summed E-state index contributed by atoms with van der Waals surface area (Å²) in [5.41, 5.74) is 3.84. The summed E-state index contributed by atoms with van der Waals surface area (Å²) in [5, 5.41) is 6.57. The van der Waals surface area contributed by atoms with Crippen LogP contribution in [0.25, 0.3) is 0 Å². The summed E-state index contributed by atoms with van der Waals surface area (Å²) in [5.74, 6) is 0. The first kappa shape index (κ1) is 14.9. The Hall–Kier alpha value is 0.0300. The molecule has 3 rings (SSSR count). The molecule has 0 saturated heterocycles. The summed E-state index contributed by atoms with van der Waals surface area (Å²) in [6, 6.07) is 6.96. The highest BCUT2D eigenvalue weighted by atomic mass is 79.9. The van der Waals surface area contributed by atoms with Crippen molar-refractivity contribution in [1.82, 2.24) is 0 Å². The predicted molar refractivity (Wildman–Crippen MR) is 97.2 cm³/mol. The van der Waals surface area contributed by atoms with Gasteiger partial charge >= 0.3 is 0 Å². The van der Waals surface area contributed by atoms with Gasteiger partial charge in [-0.2, -0.15) is 0 Å². The molecule has 0 saturated carbocycles. The highest BCUT2D eigenvalue weighted by molar-refractivity contribution is 9.11. The first-order valence-electron chi connectivity index (χ1n) is 6.51. The molecule has 0 bridgehead atoms. The Balaban J connectivity index is 1.93. The minimum atomic E-state index is 0.391. The average molecular weight is 433 g/mol. The van der Waals surface area contributed by atoms with Crippen molar-refractivity contribution in [3.05, 3.63) is 43.7 Å². The number of nitrogens with one attached hydrogen (secondary N) is 1. The smallest absolute Gasteiger partial charge is 0.0653 e. The second-order valence-corrected chi connectivity index (χ2v) is 9.46. The molecule has 2 aromatic rings. The van der Waals surface area contributed by atoms with Gasteiger partial charge in [-0.05, 0) is 79.9 Å². The third-order valence-electron chi connectivity index (χ3n) is 3.41. The van der Waals surface area contributed by atoms with Gasteiger partial charge in [-0.25, -0.2) is 0 Å². The van der Waals surface area contributed by atoms with Crippen molar-refractivity contribution < 1.29 is 0 Å². The van der Waals surface area contributed by atoms with Crippen LogP contribution in [-0.2, 0) is 0 Å². The second kappa shape index (κ2) is 6.03. The molecular formula is C15H15Br2NS2. The molecule has 106 valence electrons. The highest BCUT2D eigenvalue weighted by Crippen LogP contribution is 2.46. The van der Waals surface area contributed by atoms with Crippen molar-refractivity contribution in [3.63, 3.8) is 0 Å². The Labute approximate surface area is 144 Å². The first-order chi connectivity index (χ1) is 9.54. The summed E-state index contributed by atoms with van der Waals surface area (Å²) < 4.78 is 3.69. The Morgan fingerprint density at radius 2 is 1.95 bits per heavy atom. The zero-order valence-electron chi connectivity index (χ0n) is 11.2. The Kier molecular flexibility index (Phi) is 4.51. The van der Waals surface area contributed by atoms with E-state index in [4.69, 9.17) is 0 Å². The average Bonchev–Trinajstić information content (AvgIpc) is 2.81. The number of hydrogen-bond donors (Lipinski definition) is 1. The van der Waals surface area contributed by atoms with Crippen LogP contribution in [0.5, 0.6) is 0 Å². The summed E-state index contributed by atoms with van der Waals surface area (Å²) in [7, 11) is 0. The molecular weight excluding hydrogens is 418 g/mol. The normalized spacial score (nSPS) is 21.6. The van der Waals surface area contributed by atoms with E-state index in [-0.39, 0.29) is 0 Å². The maximum absolute atomic E-state index is 3.72. The maximum atomic E-state index is 3.72. The zero-order chi connectivity index (χ0) is 14.3. The van der Waals surface area contributed by atoms with Gasteiger partial charge in [0.2, 0.25) is 0 Å². The molecule has 1 aromatic heterocycles. The molecule has 0 aliphatic carbocycles. The largest absolute Gasteiger partial charge is 0.376 e. The van der Waals surface area contributed by atoms with Crippen molar-refractivity contribution in [2.24, 2.45) is 0 Å². The molecule has 0 radical (unpaired) electrons. The number of fused-ring (bicyclic) bond motifs is 1. The third-order valence-corrected chi connectivity index (χ3v) is 7.01. The first-order valence-corrected chi connectivity index (χ1v) is 9.85. The minimum absolute atomic E-state index is 0.391. The van der Waals surface area contributed by atoms with Crippen LogP contribution in [0.1, 0.15) is 30.5 Å². The van der Waals surface area contributed by atoms with E-state index in [1.807, 2.05) is 23.1 Å². The van der Waals surface area contributed by atoms with E-state index in [9.17, 15) is 0 Å². The van der Waals surface area contributed by atoms with Gasteiger partial charge in [0.15, 0.2) is 0 Å². The van der Waals surface area contributed by atoms with Crippen LogP contribution in [0, 0.1) is 6.92 Å². The van der Waals surface area contributed by atoms with Gasteiger partial charge in [-0.15, -0.1) is 23.1 Å². The molecule has 1 unspecified atom stereocenters. The van der Waals surface area contributed by atoms with Crippen LogP contribution in [-0.4, -0.2) is 5.25 Å². The Morgan fingerprint density at radius 3 is 2.65 bits per heavy atom. The number of rotatable bonds is 2. The van der Waals surface area contributed by atoms with E-state index in [0.717, 1.165) is 21.1 Å². The van der Waals surface area contributed by atoms with Gasteiger partial charge in [0.05, 0.1) is 15.9 Å². The zero-order valence-corrected chi connectivity index (χ0v) is 16.0. The van der Waals surface area contributed by atoms with Crippen LogP contribution in [0.2, 0.25) is 0 Å². The summed E-state index contributed by atoms with van der Waals surface area (Å²) >= 11 is 11.2. The van der Waals surface area contributed by atoms with Crippen molar-refractivity contribution in [1.29, 1.82) is 0 Å². The van der Waals surface area contributed by atoms with Crippen molar-refractivity contribution in [2.75, 3.05) is 5.32 Å². The lowest BCUT2D eigenvalue weighted by atomic mass is 10.0. The molecule has 2 atom stereocenters. The highest BCUT2D eigenvalue weighted by Gasteiger charge is 2.27. The van der Waals surface area contributed by atoms with Crippen LogP contribution in [0.3, 0.4) is 0 Å². The lowest BCUT2D eigenvalue weighted by molar-refractivity contribution is 0.669. The second-order valence-electron chi connectivity index (χ2n) is 5.13. The predicted octanol–water partition coefficient (Wildman–Crippen LogP) is 6.62. The number of thioether (sulfide) groups is 1. The Morgan fingerprint density at radius 1 is 1.25 bits per heavy atom. The molecule has 1 N–H and O–H groups in total. The van der Waals surface area contributed by atoms with Gasteiger partial charge in [0.25, 0.3) is 0 Å². The molecule has 0 amide bonds. The number of aryl methyl sites for hydroxylation is 1. The van der Waals surface area contributed by atoms with Gasteiger partial charge < -0.3 is 5.32 Å². The van der Waals surface area contributed by atoms with E-state index < -0.39 is 0 Å². The monoisotopic (exact) mass is 431 g/mol. The van der Waals surface area contributed by atoms with Gasteiger partial charge in [0.1, 0.15) is 0 Å². The van der Waals surface area contributed by atoms with Crippen LogP contribution in [0.4, 0.5) is 5.69 Å². The Bertz CT molecular complexity index is 616. The fourth-order valence-corrected chi connectivity index (χ4v) is 6.71. The molecule has 0 spiro atoms. The van der Waals surface area contributed by atoms with Crippen molar-refractivity contribution in [3.8, 4) is 0 Å². The molecule has 1 aliphatic rings. The van der Waals surface area contributed by atoms with Crippen molar-refractivity contribution >= 4 is 60.6 Å². The lowest BCUT2D eigenvalue weighted by Crippen LogP contribution is -2.19. The molecule has 2 heterocycles. The third kappa shape index (κ3) is 2.96. The standard InChI is InChI=1S/C15H15Br2NS2/c1-8-5-11(16)14(12(17)6-8)18-13-7-9(2)20-15-10(13)3-4-19-15/h3-6,9,13,18H,7H2,1-2H3/t9-,13?/m0/s1. The van der Waals surface area contributed by atoms with E-state index >= 15 is 0 Å². The van der Waals surface area contributed by atoms with Gasteiger partial charge in [-0.3, -0.25) is 0 Å². The summed E-state index contributed by atoms with van der Waals surface area (Å²) in [4.78, 5) is 0. The fourth-order valence-electron chi connectivity index (χ4n) is 2.50. The molecule has 20 heavy (non-hydrogen) atoms. The number of anilines is 1. The molecule has 5 heteroatoms. The summed E-state index contributed by atoms with van der Waals surface area (Å²) in [6.45, 7) is 4.41. The van der Waals surface area contributed by atoms with E-state index in [1.54, 1.807) is 0 Å². The lowest BCUT2D eigenvalue weighted by Gasteiger charge is -2.29.